The fourth-order valence-corrected chi connectivity index (χ4v) is 5.01. The van der Waals surface area contributed by atoms with E-state index in [0.29, 0.717) is 12.1 Å². The van der Waals surface area contributed by atoms with Crippen LogP contribution in [0, 0.1) is 5.82 Å². The lowest BCUT2D eigenvalue weighted by Gasteiger charge is -2.34. The number of likely N-dealkylation sites (tertiary alicyclic amines) is 1. The first kappa shape index (κ1) is 20.5. The van der Waals surface area contributed by atoms with Gasteiger partial charge in [-0.1, -0.05) is 12.1 Å². The van der Waals surface area contributed by atoms with Gasteiger partial charge < -0.3 is 14.2 Å². The maximum absolute atomic E-state index is 13.2. The molecule has 2 aromatic carbocycles. The lowest BCUT2D eigenvalue weighted by Crippen LogP contribution is -2.41. The van der Waals surface area contributed by atoms with Gasteiger partial charge in [-0.25, -0.2) is 4.39 Å². The van der Waals surface area contributed by atoms with Crippen molar-refractivity contribution < 1.29 is 9.13 Å². The Bertz CT molecular complexity index is 1030. The molecule has 3 heterocycles. The Labute approximate surface area is 184 Å². The number of hydrogen-bond donors (Lipinski definition) is 0. The van der Waals surface area contributed by atoms with Crippen LogP contribution in [0.1, 0.15) is 37.9 Å². The Hall–Kier alpha value is -2.37. The van der Waals surface area contributed by atoms with E-state index in [4.69, 9.17) is 4.74 Å². The molecular weight excluding hydrogens is 389 g/mol. The Morgan fingerprint density at radius 1 is 0.968 bits per heavy atom. The molecule has 1 fully saturated rings. The van der Waals surface area contributed by atoms with Crippen molar-refractivity contribution >= 4 is 10.9 Å². The van der Waals surface area contributed by atoms with E-state index in [9.17, 15) is 4.39 Å². The quantitative estimate of drug-likeness (QED) is 0.575. The maximum Gasteiger partial charge on any atom is 0.123 e. The third-order valence-corrected chi connectivity index (χ3v) is 6.81. The summed E-state index contributed by atoms with van der Waals surface area (Å²) in [5.74, 6) is 0.813. The number of nitrogens with zero attached hydrogens (tertiary/aromatic N) is 3. The van der Waals surface area contributed by atoms with Gasteiger partial charge in [0, 0.05) is 61.9 Å². The molecule has 0 saturated carbocycles. The fourth-order valence-electron chi connectivity index (χ4n) is 5.01. The standard InChI is InChI=1S/C26H32FN3O/c1-19(2)29-11-9-24(10-12-29)31-25-7-8-26-21(16-25)15-23-18-28(13-14-30(23)26)17-20-3-5-22(27)6-4-20/h3-8,15-16,19,24H,9-14,17-18H2,1-2H3. The van der Waals surface area contributed by atoms with Crippen LogP contribution in [-0.4, -0.2) is 46.1 Å². The second kappa shape index (κ2) is 8.64. The molecule has 3 aromatic rings. The van der Waals surface area contributed by atoms with Gasteiger partial charge in [0.15, 0.2) is 0 Å². The minimum Gasteiger partial charge on any atom is -0.490 e. The molecule has 1 aromatic heterocycles. The van der Waals surface area contributed by atoms with Crippen LogP contribution in [0.3, 0.4) is 0 Å². The number of benzene rings is 2. The first-order valence-corrected chi connectivity index (χ1v) is 11.5. The van der Waals surface area contributed by atoms with E-state index in [1.54, 1.807) is 12.1 Å². The second-order valence-corrected chi connectivity index (χ2v) is 9.29. The Morgan fingerprint density at radius 2 is 1.74 bits per heavy atom. The number of rotatable bonds is 5. The Morgan fingerprint density at radius 3 is 2.48 bits per heavy atom. The fraction of sp³-hybridized carbons (Fsp3) is 0.462. The van der Waals surface area contributed by atoms with Crippen molar-refractivity contribution in [1.29, 1.82) is 0 Å². The van der Waals surface area contributed by atoms with Gasteiger partial charge >= 0.3 is 0 Å². The summed E-state index contributed by atoms with van der Waals surface area (Å²) in [6, 6.07) is 16.3. The van der Waals surface area contributed by atoms with Crippen LogP contribution in [-0.2, 0) is 19.6 Å². The van der Waals surface area contributed by atoms with Gasteiger partial charge in [-0.2, -0.15) is 0 Å². The van der Waals surface area contributed by atoms with Crippen LogP contribution in [0.25, 0.3) is 10.9 Å². The third kappa shape index (κ3) is 4.48. The van der Waals surface area contributed by atoms with E-state index in [1.807, 2.05) is 12.1 Å². The second-order valence-electron chi connectivity index (χ2n) is 9.29. The van der Waals surface area contributed by atoms with Gasteiger partial charge in [-0.15, -0.1) is 0 Å². The minimum absolute atomic E-state index is 0.175. The number of ether oxygens (including phenoxy) is 1. The van der Waals surface area contributed by atoms with Crippen LogP contribution in [0.15, 0.2) is 48.5 Å². The van der Waals surface area contributed by atoms with E-state index in [0.717, 1.165) is 63.4 Å². The van der Waals surface area contributed by atoms with Crippen LogP contribution >= 0.6 is 0 Å². The van der Waals surface area contributed by atoms with Gasteiger partial charge in [0.2, 0.25) is 0 Å². The molecule has 164 valence electrons. The normalized spacial score (nSPS) is 18.6. The van der Waals surface area contributed by atoms with Crippen molar-refractivity contribution in [3.63, 3.8) is 0 Å². The summed E-state index contributed by atoms with van der Waals surface area (Å²) in [5.41, 5.74) is 3.79. The van der Waals surface area contributed by atoms with Crippen molar-refractivity contribution in [2.24, 2.45) is 0 Å². The number of fused-ring (bicyclic) bond motifs is 3. The zero-order valence-corrected chi connectivity index (χ0v) is 18.6. The molecular formula is C26H32FN3O. The van der Waals surface area contributed by atoms with Crippen LogP contribution in [0.4, 0.5) is 4.39 Å². The average Bonchev–Trinajstić information content (AvgIpc) is 3.12. The van der Waals surface area contributed by atoms with Crippen LogP contribution in [0.5, 0.6) is 5.75 Å². The highest BCUT2D eigenvalue weighted by atomic mass is 19.1. The van der Waals surface area contributed by atoms with E-state index in [1.165, 1.54) is 16.6 Å². The van der Waals surface area contributed by atoms with Gasteiger partial charge in [0.25, 0.3) is 0 Å². The molecule has 0 radical (unpaired) electrons. The van der Waals surface area contributed by atoms with E-state index < -0.39 is 0 Å². The summed E-state index contributed by atoms with van der Waals surface area (Å²) < 4.78 is 22.0. The summed E-state index contributed by atoms with van der Waals surface area (Å²) >= 11 is 0. The van der Waals surface area contributed by atoms with E-state index in [-0.39, 0.29) is 5.82 Å². The highest BCUT2D eigenvalue weighted by Gasteiger charge is 2.23. The lowest BCUT2D eigenvalue weighted by molar-refractivity contribution is 0.0844. The van der Waals surface area contributed by atoms with Gasteiger partial charge in [0.05, 0.1) is 0 Å². The molecule has 2 aliphatic rings. The number of halogens is 1. The summed E-state index contributed by atoms with van der Waals surface area (Å²) in [5, 5.41) is 1.26. The predicted molar refractivity (Wildman–Crippen MR) is 123 cm³/mol. The third-order valence-electron chi connectivity index (χ3n) is 6.81. The van der Waals surface area contributed by atoms with E-state index >= 15 is 0 Å². The molecule has 0 amide bonds. The molecule has 1 saturated heterocycles. The van der Waals surface area contributed by atoms with Crippen molar-refractivity contribution in [2.75, 3.05) is 19.6 Å². The van der Waals surface area contributed by atoms with Crippen LogP contribution < -0.4 is 4.74 Å². The Kier molecular flexibility index (Phi) is 5.72. The van der Waals surface area contributed by atoms with Crippen molar-refractivity contribution in [3.8, 4) is 5.75 Å². The summed E-state index contributed by atoms with van der Waals surface area (Å²) in [6.07, 6.45) is 2.51. The Balaban J connectivity index is 1.26. The molecule has 2 aliphatic heterocycles. The lowest BCUT2D eigenvalue weighted by atomic mass is 10.1. The van der Waals surface area contributed by atoms with E-state index in [2.05, 4.69) is 52.5 Å². The average molecular weight is 422 g/mol. The summed E-state index contributed by atoms with van der Waals surface area (Å²) in [6.45, 7) is 10.5. The van der Waals surface area contributed by atoms with Crippen LogP contribution in [0.2, 0.25) is 0 Å². The highest BCUT2D eigenvalue weighted by molar-refractivity contribution is 5.83. The molecule has 4 nitrogen and oxygen atoms in total. The van der Waals surface area contributed by atoms with Crippen molar-refractivity contribution in [2.45, 2.75) is 58.5 Å². The number of hydrogen-bond acceptors (Lipinski definition) is 3. The molecule has 5 rings (SSSR count). The SMILES string of the molecule is CC(C)N1CCC(Oc2ccc3c(c2)cc2n3CCN(Cc3ccc(F)cc3)C2)CC1. The van der Waals surface area contributed by atoms with Crippen molar-refractivity contribution in [3.05, 3.63) is 65.6 Å². The van der Waals surface area contributed by atoms with Gasteiger partial charge in [-0.05, 0) is 68.7 Å². The topological polar surface area (TPSA) is 20.6 Å². The van der Waals surface area contributed by atoms with Gasteiger partial charge in [0.1, 0.15) is 17.7 Å². The molecule has 0 atom stereocenters. The molecule has 31 heavy (non-hydrogen) atoms. The molecule has 0 unspecified atom stereocenters. The molecule has 0 bridgehead atoms. The number of piperidine rings is 1. The zero-order valence-electron chi connectivity index (χ0n) is 18.6. The first-order valence-electron chi connectivity index (χ1n) is 11.5. The number of aromatic nitrogens is 1. The first-order chi connectivity index (χ1) is 15.0. The zero-order chi connectivity index (χ0) is 21.4. The molecule has 0 N–H and O–H groups in total. The van der Waals surface area contributed by atoms with Crippen molar-refractivity contribution in [1.82, 2.24) is 14.4 Å². The molecule has 5 heteroatoms. The smallest absolute Gasteiger partial charge is 0.123 e. The molecule has 0 spiro atoms. The predicted octanol–water partition coefficient (Wildman–Crippen LogP) is 5.05. The largest absolute Gasteiger partial charge is 0.490 e. The minimum atomic E-state index is -0.175. The van der Waals surface area contributed by atoms with Gasteiger partial charge in [-0.3, -0.25) is 4.90 Å². The maximum atomic E-state index is 13.2. The summed E-state index contributed by atoms with van der Waals surface area (Å²) in [7, 11) is 0. The summed E-state index contributed by atoms with van der Waals surface area (Å²) in [4.78, 5) is 4.96. The molecule has 0 aliphatic carbocycles. The monoisotopic (exact) mass is 421 g/mol. The highest BCUT2D eigenvalue weighted by Crippen LogP contribution is 2.29.